The fourth-order valence-corrected chi connectivity index (χ4v) is 2.15. The molecule has 110 valence electrons. The Morgan fingerprint density at radius 1 is 1.29 bits per heavy atom. The summed E-state index contributed by atoms with van der Waals surface area (Å²) in [6.07, 6.45) is 1.53. The van der Waals surface area contributed by atoms with E-state index in [-0.39, 0.29) is 5.91 Å². The van der Waals surface area contributed by atoms with Crippen molar-refractivity contribution in [1.82, 2.24) is 9.88 Å². The molecule has 0 fully saturated rings. The van der Waals surface area contributed by atoms with Gasteiger partial charge in [-0.3, -0.25) is 4.79 Å². The maximum absolute atomic E-state index is 12.6. The lowest BCUT2D eigenvalue weighted by Crippen LogP contribution is -2.33. The van der Waals surface area contributed by atoms with Crippen LogP contribution in [0.2, 0.25) is 5.15 Å². The molecule has 2 aromatic rings. The van der Waals surface area contributed by atoms with Gasteiger partial charge in [-0.15, -0.1) is 0 Å². The molecule has 0 aliphatic rings. The molecule has 0 bridgehead atoms. The van der Waals surface area contributed by atoms with E-state index in [1.54, 1.807) is 24.1 Å². The van der Waals surface area contributed by atoms with Gasteiger partial charge in [-0.05, 0) is 17.7 Å². The highest BCUT2D eigenvalue weighted by Crippen LogP contribution is 2.12. The summed E-state index contributed by atoms with van der Waals surface area (Å²) in [5, 5.41) is 0.312. The van der Waals surface area contributed by atoms with E-state index in [1.165, 1.54) is 6.20 Å². The second-order valence-electron chi connectivity index (χ2n) is 4.57. The van der Waals surface area contributed by atoms with Gasteiger partial charge in [0, 0.05) is 32.0 Å². The summed E-state index contributed by atoms with van der Waals surface area (Å²) in [7, 11) is 1.62. The number of hydrogen-bond acceptors (Lipinski definition) is 3. The number of hydrogen-bond donors (Lipinski definition) is 0. The number of nitrogens with zero attached hydrogens (tertiary/aromatic N) is 2. The van der Waals surface area contributed by atoms with Gasteiger partial charge < -0.3 is 9.64 Å². The molecule has 0 saturated carbocycles. The predicted molar refractivity (Wildman–Crippen MR) is 82.3 cm³/mol. The lowest BCUT2D eigenvalue weighted by atomic mass is 10.2. The maximum Gasteiger partial charge on any atom is 0.254 e. The second kappa shape index (κ2) is 7.76. The van der Waals surface area contributed by atoms with Crippen molar-refractivity contribution in [3.05, 3.63) is 64.9 Å². The van der Waals surface area contributed by atoms with E-state index in [0.29, 0.717) is 30.4 Å². The van der Waals surface area contributed by atoms with Crippen molar-refractivity contribution >= 4 is 17.5 Å². The SMILES string of the molecule is COCCN(Cc1ccccc1)C(=O)c1ccnc(Cl)c1. The molecular formula is C16H17ClN2O2. The molecule has 0 radical (unpaired) electrons. The zero-order chi connectivity index (χ0) is 15.1. The Kier molecular flexibility index (Phi) is 5.72. The van der Waals surface area contributed by atoms with E-state index < -0.39 is 0 Å². The van der Waals surface area contributed by atoms with Crippen molar-refractivity contribution in [3.63, 3.8) is 0 Å². The molecule has 0 N–H and O–H groups in total. The van der Waals surface area contributed by atoms with Gasteiger partial charge >= 0.3 is 0 Å². The first-order valence-electron chi connectivity index (χ1n) is 6.64. The number of methoxy groups -OCH3 is 1. The van der Waals surface area contributed by atoms with Crippen molar-refractivity contribution in [2.45, 2.75) is 6.54 Å². The highest BCUT2D eigenvalue weighted by atomic mass is 35.5. The monoisotopic (exact) mass is 304 g/mol. The molecule has 2 rings (SSSR count). The third-order valence-electron chi connectivity index (χ3n) is 3.04. The Labute approximate surface area is 129 Å². The number of rotatable bonds is 6. The van der Waals surface area contributed by atoms with Gasteiger partial charge in [0.05, 0.1) is 6.61 Å². The first-order chi connectivity index (χ1) is 10.2. The standard InChI is InChI=1S/C16H17ClN2O2/c1-21-10-9-19(12-13-5-3-2-4-6-13)16(20)14-7-8-18-15(17)11-14/h2-8,11H,9-10,12H2,1H3. The molecule has 0 unspecified atom stereocenters. The highest BCUT2D eigenvalue weighted by molar-refractivity contribution is 6.29. The van der Waals surface area contributed by atoms with Crippen molar-refractivity contribution < 1.29 is 9.53 Å². The van der Waals surface area contributed by atoms with Gasteiger partial charge in [0.1, 0.15) is 5.15 Å². The Bertz CT molecular complexity index is 590. The van der Waals surface area contributed by atoms with Gasteiger partial charge in [0.2, 0.25) is 0 Å². The van der Waals surface area contributed by atoms with Gasteiger partial charge in [-0.25, -0.2) is 4.98 Å². The fourth-order valence-electron chi connectivity index (χ4n) is 1.98. The Hall–Kier alpha value is -1.91. The first-order valence-corrected chi connectivity index (χ1v) is 7.02. The number of halogens is 1. The third kappa shape index (κ3) is 4.55. The van der Waals surface area contributed by atoms with E-state index in [0.717, 1.165) is 5.56 Å². The van der Waals surface area contributed by atoms with Crippen LogP contribution in [0.15, 0.2) is 48.7 Å². The summed E-state index contributed by atoms with van der Waals surface area (Å²) in [6, 6.07) is 13.1. The zero-order valence-electron chi connectivity index (χ0n) is 11.8. The van der Waals surface area contributed by atoms with Crippen molar-refractivity contribution in [2.24, 2.45) is 0 Å². The number of benzene rings is 1. The van der Waals surface area contributed by atoms with E-state index in [4.69, 9.17) is 16.3 Å². The summed E-state index contributed by atoms with van der Waals surface area (Å²) in [5.41, 5.74) is 1.60. The summed E-state index contributed by atoms with van der Waals surface area (Å²) < 4.78 is 5.09. The van der Waals surface area contributed by atoms with E-state index in [9.17, 15) is 4.79 Å². The van der Waals surface area contributed by atoms with Crippen molar-refractivity contribution in [3.8, 4) is 0 Å². The van der Waals surface area contributed by atoms with Crippen LogP contribution < -0.4 is 0 Å². The Morgan fingerprint density at radius 3 is 2.71 bits per heavy atom. The quantitative estimate of drug-likeness (QED) is 0.770. The lowest BCUT2D eigenvalue weighted by molar-refractivity contribution is 0.0680. The summed E-state index contributed by atoms with van der Waals surface area (Å²) in [5.74, 6) is -0.0831. The summed E-state index contributed by atoms with van der Waals surface area (Å²) in [4.78, 5) is 18.2. The summed E-state index contributed by atoms with van der Waals surface area (Å²) >= 11 is 5.85. The van der Waals surface area contributed by atoms with Crippen LogP contribution in [0.3, 0.4) is 0 Å². The fraction of sp³-hybridized carbons (Fsp3) is 0.250. The molecule has 1 heterocycles. The van der Waals surface area contributed by atoms with Crippen LogP contribution in [-0.4, -0.2) is 36.1 Å². The molecule has 1 aromatic heterocycles. The van der Waals surface area contributed by atoms with Crippen LogP contribution >= 0.6 is 11.6 Å². The predicted octanol–water partition coefficient (Wildman–Crippen LogP) is 3.02. The molecular weight excluding hydrogens is 288 g/mol. The van der Waals surface area contributed by atoms with Gasteiger partial charge in [-0.1, -0.05) is 41.9 Å². The number of amides is 1. The largest absolute Gasteiger partial charge is 0.383 e. The molecule has 21 heavy (non-hydrogen) atoms. The lowest BCUT2D eigenvalue weighted by Gasteiger charge is -2.22. The molecule has 0 atom stereocenters. The van der Waals surface area contributed by atoms with Crippen molar-refractivity contribution in [1.29, 1.82) is 0 Å². The first kappa shape index (κ1) is 15.5. The molecule has 0 saturated heterocycles. The highest BCUT2D eigenvalue weighted by Gasteiger charge is 2.16. The van der Waals surface area contributed by atoms with Crippen LogP contribution in [0, 0.1) is 0 Å². The normalized spacial score (nSPS) is 10.4. The summed E-state index contributed by atoms with van der Waals surface area (Å²) in [6.45, 7) is 1.53. The average Bonchev–Trinajstić information content (AvgIpc) is 2.51. The van der Waals surface area contributed by atoms with Crippen molar-refractivity contribution in [2.75, 3.05) is 20.3 Å². The molecule has 4 nitrogen and oxygen atoms in total. The van der Waals surface area contributed by atoms with E-state index in [2.05, 4.69) is 4.98 Å². The van der Waals surface area contributed by atoms with Crippen LogP contribution in [0.4, 0.5) is 0 Å². The number of pyridine rings is 1. The number of carbonyl (C=O) groups is 1. The van der Waals surface area contributed by atoms with Gasteiger partial charge in [0.25, 0.3) is 5.91 Å². The molecule has 0 aliphatic carbocycles. The molecule has 0 spiro atoms. The molecule has 5 heteroatoms. The smallest absolute Gasteiger partial charge is 0.254 e. The average molecular weight is 305 g/mol. The number of carbonyl (C=O) groups excluding carboxylic acids is 1. The van der Waals surface area contributed by atoms with Crippen LogP contribution in [0.5, 0.6) is 0 Å². The Balaban J connectivity index is 2.17. The maximum atomic E-state index is 12.6. The number of ether oxygens (including phenoxy) is 1. The minimum atomic E-state index is -0.0831. The van der Waals surface area contributed by atoms with Gasteiger partial charge in [-0.2, -0.15) is 0 Å². The van der Waals surface area contributed by atoms with E-state index in [1.807, 2.05) is 30.3 Å². The molecule has 1 aromatic carbocycles. The van der Waals surface area contributed by atoms with Crippen LogP contribution in [0.25, 0.3) is 0 Å². The van der Waals surface area contributed by atoms with Crippen LogP contribution in [-0.2, 0) is 11.3 Å². The van der Waals surface area contributed by atoms with Crippen LogP contribution in [0.1, 0.15) is 15.9 Å². The minimum absolute atomic E-state index is 0.0831. The second-order valence-corrected chi connectivity index (χ2v) is 4.96. The van der Waals surface area contributed by atoms with Gasteiger partial charge in [0.15, 0.2) is 0 Å². The molecule has 1 amide bonds. The Morgan fingerprint density at radius 2 is 2.05 bits per heavy atom. The minimum Gasteiger partial charge on any atom is -0.383 e. The zero-order valence-corrected chi connectivity index (χ0v) is 12.6. The van der Waals surface area contributed by atoms with E-state index >= 15 is 0 Å². The third-order valence-corrected chi connectivity index (χ3v) is 3.25. The topological polar surface area (TPSA) is 42.4 Å². The molecule has 0 aliphatic heterocycles. The number of aromatic nitrogens is 1.